The number of hydrogen-bond acceptors (Lipinski definition) is 5. The first kappa shape index (κ1) is 16.2. The number of nitrogens with zero attached hydrogens (tertiary/aromatic N) is 1. The molecule has 0 amide bonds. The lowest BCUT2D eigenvalue weighted by Gasteiger charge is -2.23. The van der Waals surface area contributed by atoms with Crippen LogP contribution < -0.4 is 10.0 Å². The van der Waals surface area contributed by atoms with Crippen LogP contribution in [0.25, 0.3) is 0 Å². The summed E-state index contributed by atoms with van der Waals surface area (Å²) >= 11 is 5.91. The molecule has 0 unspecified atom stereocenters. The molecule has 1 saturated heterocycles. The number of halogens is 1. The second-order valence-electron chi connectivity index (χ2n) is 4.95. The molecule has 2 N–H and O–H groups in total. The highest BCUT2D eigenvalue weighted by molar-refractivity contribution is 7.89. The number of rotatable bonds is 4. The number of nitro groups is 1. The predicted molar refractivity (Wildman–Crippen MR) is 79.1 cm³/mol. The van der Waals surface area contributed by atoms with E-state index in [0.717, 1.165) is 19.2 Å². The van der Waals surface area contributed by atoms with E-state index in [0.29, 0.717) is 12.8 Å². The van der Waals surface area contributed by atoms with Crippen molar-refractivity contribution in [3.05, 3.63) is 32.8 Å². The van der Waals surface area contributed by atoms with Gasteiger partial charge in [-0.2, -0.15) is 0 Å². The molecule has 0 saturated carbocycles. The van der Waals surface area contributed by atoms with Crippen LogP contribution in [-0.2, 0) is 10.0 Å². The molecule has 0 aliphatic carbocycles. The molecule has 1 aliphatic rings. The van der Waals surface area contributed by atoms with Gasteiger partial charge in [0.05, 0.1) is 14.8 Å². The van der Waals surface area contributed by atoms with Gasteiger partial charge in [-0.3, -0.25) is 10.1 Å². The van der Waals surface area contributed by atoms with E-state index in [4.69, 9.17) is 11.6 Å². The zero-order chi connectivity index (χ0) is 15.6. The van der Waals surface area contributed by atoms with Crippen LogP contribution in [0.15, 0.2) is 17.0 Å². The number of nitrogens with one attached hydrogen (secondary N) is 2. The third kappa shape index (κ3) is 3.70. The number of benzene rings is 1. The van der Waals surface area contributed by atoms with Crippen LogP contribution in [0.4, 0.5) is 5.69 Å². The second kappa shape index (κ2) is 6.27. The van der Waals surface area contributed by atoms with Gasteiger partial charge >= 0.3 is 0 Å². The summed E-state index contributed by atoms with van der Waals surface area (Å²) < 4.78 is 27.2. The van der Waals surface area contributed by atoms with Gasteiger partial charge in [0.2, 0.25) is 10.0 Å². The highest BCUT2D eigenvalue weighted by atomic mass is 35.5. The summed E-state index contributed by atoms with van der Waals surface area (Å²) in [5.41, 5.74) is -0.0457. The molecule has 0 aromatic heterocycles. The monoisotopic (exact) mass is 333 g/mol. The predicted octanol–water partition coefficient (Wildman–Crippen LogP) is 1.59. The number of hydrogen-bond donors (Lipinski definition) is 2. The van der Waals surface area contributed by atoms with Crippen molar-refractivity contribution in [1.29, 1.82) is 0 Å². The van der Waals surface area contributed by atoms with Gasteiger partial charge in [0.15, 0.2) is 0 Å². The van der Waals surface area contributed by atoms with E-state index in [1.807, 2.05) is 0 Å². The standard InChI is InChI=1S/C12H16ClN3O4S/c1-8-11(13)6-10(7-12(8)16(17)18)21(19,20)15-9-2-4-14-5-3-9/h6-7,9,14-15H,2-5H2,1H3. The minimum absolute atomic E-state index is 0.0647. The fraction of sp³-hybridized carbons (Fsp3) is 0.500. The summed E-state index contributed by atoms with van der Waals surface area (Å²) in [5.74, 6) is 0. The molecule has 2 rings (SSSR count). The minimum atomic E-state index is -3.82. The maximum absolute atomic E-state index is 12.3. The van der Waals surface area contributed by atoms with E-state index in [1.54, 1.807) is 0 Å². The van der Waals surface area contributed by atoms with Crippen molar-refractivity contribution in [3.63, 3.8) is 0 Å². The van der Waals surface area contributed by atoms with Crippen molar-refractivity contribution in [3.8, 4) is 0 Å². The zero-order valence-electron chi connectivity index (χ0n) is 11.4. The highest BCUT2D eigenvalue weighted by Crippen LogP contribution is 2.29. The summed E-state index contributed by atoms with van der Waals surface area (Å²) in [6, 6.07) is 2.12. The average molecular weight is 334 g/mol. The Kier molecular flexibility index (Phi) is 4.82. The van der Waals surface area contributed by atoms with E-state index >= 15 is 0 Å². The maximum atomic E-state index is 12.3. The summed E-state index contributed by atoms with van der Waals surface area (Å²) in [6.07, 6.45) is 1.36. The van der Waals surface area contributed by atoms with E-state index in [2.05, 4.69) is 10.0 Å². The van der Waals surface area contributed by atoms with Crippen molar-refractivity contribution >= 4 is 27.3 Å². The summed E-state index contributed by atoms with van der Waals surface area (Å²) in [7, 11) is -3.82. The molecule has 9 heteroatoms. The molecule has 1 fully saturated rings. The van der Waals surface area contributed by atoms with E-state index in [1.165, 1.54) is 13.0 Å². The Labute approximate surface area is 127 Å². The van der Waals surface area contributed by atoms with Gasteiger partial charge in [0.1, 0.15) is 0 Å². The van der Waals surface area contributed by atoms with Crippen molar-refractivity contribution in [1.82, 2.24) is 10.0 Å². The smallest absolute Gasteiger partial charge is 0.275 e. The Hall–Kier alpha value is -1.22. The summed E-state index contributed by atoms with van der Waals surface area (Å²) in [5, 5.41) is 14.2. The molecule has 0 radical (unpaired) electrons. The molecular formula is C12H16ClN3O4S. The molecule has 0 atom stereocenters. The fourth-order valence-corrected chi connectivity index (χ4v) is 3.84. The highest BCUT2D eigenvalue weighted by Gasteiger charge is 2.25. The molecule has 1 heterocycles. The SMILES string of the molecule is Cc1c(Cl)cc(S(=O)(=O)NC2CCNCC2)cc1[N+](=O)[O-]. The lowest BCUT2D eigenvalue weighted by atomic mass is 10.1. The van der Waals surface area contributed by atoms with Crippen LogP contribution >= 0.6 is 11.6 Å². The van der Waals surface area contributed by atoms with Crippen LogP contribution in [0.2, 0.25) is 5.02 Å². The quantitative estimate of drug-likeness (QED) is 0.643. The molecule has 116 valence electrons. The van der Waals surface area contributed by atoms with Gasteiger partial charge in [0.25, 0.3) is 5.69 Å². The first-order chi connectivity index (χ1) is 9.81. The molecule has 1 aromatic rings. The third-order valence-corrected chi connectivity index (χ3v) is 5.35. The van der Waals surface area contributed by atoms with Gasteiger partial charge in [0, 0.05) is 17.7 Å². The fourth-order valence-electron chi connectivity index (χ4n) is 2.21. The molecule has 0 bridgehead atoms. The largest absolute Gasteiger partial charge is 0.317 e. The topological polar surface area (TPSA) is 101 Å². The van der Waals surface area contributed by atoms with E-state index in [-0.39, 0.29) is 27.2 Å². The van der Waals surface area contributed by atoms with Gasteiger partial charge in [-0.25, -0.2) is 13.1 Å². The maximum Gasteiger partial charge on any atom is 0.275 e. The van der Waals surface area contributed by atoms with Crippen molar-refractivity contribution in [2.45, 2.75) is 30.7 Å². The molecule has 1 aliphatic heterocycles. The molecule has 7 nitrogen and oxygen atoms in total. The van der Waals surface area contributed by atoms with E-state index in [9.17, 15) is 18.5 Å². The normalized spacial score (nSPS) is 16.9. The minimum Gasteiger partial charge on any atom is -0.317 e. The van der Waals surface area contributed by atoms with Gasteiger partial charge in [-0.1, -0.05) is 11.6 Å². The summed E-state index contributed by atoms with van der Waals surface area (Å²) in [6.45, 7) is 2.96. The van der Waals surface area contributed by atoms with Gasteiger partial charge in [-0.15, -0.1) is 0 Å². The van der Waals surface area contributed by atoms with E-state index < -0.39 is 14.9 Å². The van der Waals surface area contributed by atoms with Gasteiger partial charge in [-0.05, 0) is 38.9 Å². The van der Waals surface area contributed by atoms with Crippen molar-refractivity contribution in [2.75, 3.05) is 13.1 Å². The molecular weight excluding hydrogens is 318 g/mol. The summed E-state index contributed by atoms with van der Waals surface area (Å²) in [4.78, 5) is 10.2. The van der Waals surface area contributed by atoms with Crippen molar-refractivity contribution < 1.29 is 13.3 Å². The molecule has 0 spiro atoms. The number of piperidine rings is 1. The van der Waals surface area contributed by atoms with Crippen LogP contribution in [0.1, 0.15) is 18.4 Å². The molecule has 1 aromatic carbocycles. The number of sulfonamides is 1. The van der Waals surface area contributed by atoms with Crippen LogP contribution in [0.5, 0.6) is 0 Å². The lowest BCUT2D eigenvalue weighted by Crippen LogP contribution is -2.42. The Bertz CT molecular complexity index is 657. The first-order valence-electron chi connectivity index (χ1n) is 6.49. The molecule has 21 heavy (non-hydrogen) atoms. The van der Waals surface area contributed by atoms with Crippen LogP contribution in [-0.4, -0.2) is 32.5 Å². The van der Waals surface area contributed by atoms with Crippen molar-refractivity contribution in [2.24, 2.45) is 0 Å². The second-order valence-corrected chi connectivity index (χ2v) is 7.07. The first-order valence-corrected chi connectivity index (χ1v) is 8.35. The Morgan fingerprint density at radius 2 is 2.00 bits per heavy atom. The Balaban J connectivity index is 2.33. The van der Waals surface area contributed by atoms with Gasteiger partial charge < -0.3 is 5.32 Å². The number of nitro benzene ring substituents is 1. The third-order valence-electron chi connectivity index (χ3n) is 3.46. The van der Waals surface area contributed by atoms with Crippen LogP contribution in [0.3, 0.4) is 0 Å². The lowest BCUT2D eigenvalue weighted by molar-refractivity contribution is -0.385. The Morgan fingerprint density at radius 1 is 1.38 bits per heavy atom. The average Bonchev–Trinajstić information content (AvgIpc) is 2.41. The van der Waals surface area contributed by atoms with Crippen LogP contribution in [0, 0.1) is 17.0 Å². The zero-order valence-corrected chi connectivity index (χ0v) is 13.0. The Morgan fingerprint density at radius 3 is 2.57 bits per heavy atom.